The Morgan fingerprint density at radius 3 is 1.29 bits per heavy atom. The fourth-order valence-electron chi connectivity index (χ4n) is 3.44. The van der Waals surface area contributed by atoms with E-state index in [0.29, 0.717) is 98.9 Å². The molecule has 20 heteroatoms. The Morgan fingerprint density at radius 1 is 0.578 bits per heavy atom. The van der Waals surface area contributed by atoms with E-state index in [4.69, 9.17) is 57.2 Å². The van der Waals surface area contributed by atoms with Crippen LogP contribution in [0.25, 0.3) is 0 Å². The van der Waals surface area contributed by atoms with Gasteiger partial charge in [0.05, 0.1) is 125 Å². The molecule has 0 aromatic heterocycles. The Kier molecular flexibility index (Phi) is 25.7. The number of ether oxygens (including phenoxy) is 10. The number of aliphatic hydroxyl groups is 3. The first kappa shape index (κ1) is 42.3. The maximum Gasteiger partial charge on any atom is 0.469 e. The Balaban J connectivity index is 1.81. The van der Waals surface area contributed by atoms with Crippen molar-refractivity contribution in [3.05, 3.63) is 0 Å². The molecule has 0 amide bonds. The van der Waals surface area contributed by atoms with E-state index in [0.717, 1.165) is 0 Å². The molecule has 266 valence electrons. The van der Waals surface area contributed by atoms with Crippen molar-refractivity contribution in [3.63, 3.8) is 0 Å². The predicted molar refractivity (Wildman–Crippen MR) is 155 cm³/mol. The molecule has 45 heavy (non-hydrogen) atoms. The second-order valence-corrected chi connectivity index (χ2v) is 10.8. The lowest BCUT2D eigenvalue weighted by molar-refractivity contribution is -0.301. The summed E-state index contributed by atoms with van der Waals surface area (Å²) < 4.78 is 68.7. The standard InChI is InChI=1S/C25H50BO18P/c26-21(27)1-2-34-3-4-35-5-6-36-7-8-37-9-10-38-11-12-39-13-14-40-15-16-41-17-18-42-25-24(30)23(29)22(28)20(44-25)19-43-45(31,32)33/h20,22-25,28-30H,1-19,26H2,(H2,31,32,33). The topological polar surface area (TPSA) is 237 Å². The Morgan fingerprint density at radius 2 is 0.933 bits per heavy atom. The molecule has 1 fully saturated rings. The molecule has 0 aromatic carbocycles. The second kappa shape index (κ2) is 27.3. The molecule has 1 aliphatic rings. The van der Waals surface area contributed by atoms with E-state index in [2.05, 4.69) is 4.52 Å². The molecular formula is C25H50BO18P. The summed E-state index contributed by atoms with van der Waals surface area (Å²) in [5, 5.41) is 29.8. The van der Waals surface area contributed by atoms with Crippen molar-refractivity contribution in [1.29, 1.82) is 0 Å². The number of rotatable bonds is 31. The lowest BCUT2D eigenvalue weighted by Gasteiger charge is -2.40. The maximum atomic E-state index is 10.9. The van der Waals surface area contributed by atoms with Crippen LogP contribution >= 0.6 is 7.82 Å². The van der Waals surface area contributed by atoms with Crippen LogP contribution in [-0.4, -0.2) is 188 Å². The quantitative estimate of drug-likeness (QED) is 0.0273. The number of carbonyl (C=O) groups is 1. The van der Waals surface area contributed by atoms with Gasteiger partial charge in [-0.2, -0.15) is 0 Å². The van der Waals surface area contributed by atoms with Gasteiger partial charge in [0.15, 0.2) is 14.1 Å². The van der Waals surface area contributed by atoms with Gasteiger partial charge in [-0.3, -0.25) is 4.52 Å². The molecule has 1 saturated heterocycles. The molecule has 0 aliphatic carbocycles. The molecule has 5 N–H and O–H groups in total. The lowest BCUT2D eigenvalue weighted by Crippen LogP contribution is -2.59. The van der Waals surface area contributed by atoms with E-state index in [1.54, 1.807) is 0 Å². The third kappa shape index (κ3) is 24.2. The van der Waals surface area contributed by atoms with E-state index >= 15 is 0 Å². The normalized spacial score (nSPS) is 22.2. The summed E-state index contributed by atoms with van der Waals surface area (Å²) in [6.07, 6.45) is -7.14. The van der Waals surface area contributed by atoms with Crippen LogP contribution < -0.4 is 0 Å². The third-order valence-electron chi connectivity index (χ3n) is 5.79. The van der Waals surface area contributed by atoms with Crippen LogP contribution in [0, 0.1) is 0 Å². The van der Waals surface area contributed by atoms with Gasteiger partial charge in [0.2, 0.25) is 0 Å². The van der Waals surface area contributed by atoms with Crippen LogP contribution in [0.5, 0.6) is 0 Å². The van der Waals surface area contributed by atoms with Gasteiger partial charge in [-0.05, 0) is 0 Å². The SMILES string of the molecule is BC(=O)CCOCCOCCOCCOCCOCCOCCOCCOCCOC1OC(COP(=O)(O)O)C(O)C(O)C1O. The van der Waals surface area contributed by atoms with Crippen molar-refractivity contribution < 1.29 is 86.4 Å². The largest absolute Gasteiger partial charge is 0.469 e. The molecule has 0 aromatic rings. The minimum atomic E-state index is -4.82. The van der Waals surface area contributed by atoms with Crippen molar-refractivity contribution in [3.8, 4) is 0 Å². The van der Waals surface area contributed by atoms with Crippen molar-refractivity contribution >= 4 is 21.4 Å². The van der Waals surface area contributed by atoms with Gasteiger partial charge in [-0.15, -0.1) is 0 Å². The number of carbonyl (C=O) groups excluding carboxylic acids is 1. The smallest absolute Gasteiger partial charge is 0.387 e. The van der Waals surface area contributed by atoms with Crippen LogP contribution in [0.4, 0.5) is 0 Å². The summed E-state index contributed by atoms with van der Waals surface area (Å²) in [4.78, 5) is 28.3. The zero-order chi connectivity index (χ0) is 33.2. The van der Waals surface area contributed by atoms with Crippen molar-refractivity contribution in [2.75, 3.05) is 119 Å². The second-order valence-electron chi connectivity index (χ2n) is 9.52. The van der Waals surface area contributed by atoms with Crippen LogP contribution in [0.15, 0.2) is 0 Å². The zero-order valence-corrected chi connectivity index (χ0v) is 26.7. The van der Waals surface area contributed by atoms with Gasteiger partial charge >= 0.3 is 7.82 Å². The van der Waals surface area contributed by atoms with E-state index in [1.165, 1.54) is 7.85 Å². The number of hydrogen-bond donors (Lipinski definition) is 5. The first-order chi connectivity index (χ1) is 21.6. The molecular weight excluding hydrogens is 630 g/mol. The summed E-state index contributed by atoms with van der Waals surface area (Å²) in [5.74, 6) is 0. The van der Waals surface area contributed by atoms with Gasteiger partial charge in [-0.1, -0.05) is 0 Å². The minimum absolute atomic E-state index is 0.0312. The molecule has 0 bridgehead atoms. The minimum Gasteiger partial charge on any atom is -0.387 e. The lowest BCUT2D eigenvalue weighted by atomic mass is 9.99. The third-order valence-corrected chi connectivity index (χ3v) is 6.27. The predicted octanol–water partition coefficient (Wildman–Crippen LogP) is -3.40. The van der Waals surface area contributed by atoms with E-state index in [1.807, 2.05) is 0 Å². The molecule has 0 spiro atoms. The van der Waals surface area contributed by atoms with Gasteiger partial charge in [0.25, 0.3) is 0 Å². The van der Waals surface area contributed by atoms with Crippen LogP contribution in [0.2, 0.25) is 0 Å². The van der Waals surface area contributed by atoms with E-state index < -0.39 is 45.1 Å². The summed E-state index contributed by atoms with van der Waals surface area (Å²) >= 11 is 0. The highest BCUT2D eigenvalue weighted by molar-refractivity contribution is 7.46. The summed E-state index contributed by atoms with van der Waals surface area (Å²) in [5.41, 5.74) is 0.106. The van der Waals surface area contributed by atoms with Gasteiger partial charge in [-0.25, -0.2) is 4.57 Å². The highest BCUT2D eigenvalue weighted by Gasteiger charge is 2.45. The number of aliphatic hydroxyl groups excluding tert-OH is 3. The zero-order valence-electron chi connectivity index (χ0n) is 25.8. The summed E-state index contributed by atoms with van der Waals surface area (Å²) in [6, 6.07) is 0. The van der Waals surface area contributed by atoms with Crippen molar-refractivity contribution in [2.45, 2.75) is 37.1 Å². The van der Waals surface area contributed by atoms with Gasteiger partial charge < -0.3 is 77.3 Å². The first-order valence-electron chi connectivity index (χ1n) is 14.7. The molecule has 1 aliphatic heterocycles. The van der Waals surface area contributed by atoms with Crippen molar-refractivity contribution in [1.82, 2.24) is 0 Å². The average molecular weight is 680 g/mol. The Bertz CT molecular complexity index is 764. The highest BCUT2D eigenvalue weighted by atomic mass is 31.2. The van der Waals surface area contributed by atoms with E-state index in [9.17, 15) is 24.7 Å². The molecule has 1 rings (SSSR count). The molecule has 0 saturated carbocycles. The molecule has 0 radical (unpaired) electrons. The summed E-state index contributed by atoms with van der Waals surface area (Å²) in [6.45, 7) is 5.56. The average Bonchev–Trinajstić information content (AvgIpc) is 2.99. The molecule has 1 heterocycles. The number of phosphoric ester groups is 1. The van der Waals surface area contributed by atoms with Crippen LogP contribution in [0.3, 0.4) is 0 Å². The fraction of sp³-hybridized carbons (Fsp3) is 0.960. The van der Waals surface area contributed by atoms with E-state index in [-0.39, 0.29) is 25.5 Å². The summed E-state index contributed by atoms with van der Waals surface area (Å²) in [7, 11) is -3.28. The first-order valence-corrected chi connectivity index (χ1v) is 16.3. The van der Waals surface area contributed by atoms with Crippen LogP contribution in [0.1, 0.15) is 6.42 Å². The van der Waals surface area contributed by atoms with Gasteiger partial charge in [0, 0.05) is 6.42 Å². The molecule has 5 unspecified atom stereocenters. The Labute approximate surface area is 264 Å². The molecule has 18 nitrogen and oxygen atoms in total. The highest BCUT2D eigenvalue weighted by Crippen LogP contribution is 2.37. The van der Waals surface area contributed by atoms with Crippen molar-refractivity contribution in [2.24, 2.45) is 0 Å². The van der Waals surface area contributed by atoms with Crippen LogP contribution in [-0.2, 0) is 61.3 Å². The number of hydrogen-bond acceptors (Lipinski definition) is 16. The maximum absolute atomic E-state index is 10.9. The van der Waals surface area contributed by atoms with Gasteiger partial charge in [0.1, 0.15) is 24.4 Å². The Hall–Kier alpha value is -0.675. The molecule has 5 atom stereocenters. The monoisotopic (exact) mass is 680 g/mol. The fourth-order valence-corrected chi connectivity index (χ4v) is 3.78. The number of phosphoric acid groups is 1.